The van der Waals surface area contributed by atoms with Gasteiger partial charge in [0.25, 0.3) is 0 Å². The fourth-order valence-electron chi connectivity index (χ4n) is 4.10. The molecule has 0 N–H and O–H groups in total. The summed E-state index contributed by atoms with van der Waals surface area (Å²) >= 11 is 4.02. The van der Waals surface area contributed by atoms with Crippen LogP contribution in [-0.4, -0.2) is 16.3 Å². The van der Waals surface area contributed by atoms with Gasteiger partial charge in [0, 0.05) is 5.57 Å². The lowest BCUT2D eigenvalue weighted by atomic mass is 9.80. The standard InChI is InChI=1S/C24H36BrNO/c1-6-10-20-21(11-7-2)24(17-9-4,22(25)12-8-3)27-23(20)26-19-15-13-18(5)14-16-19/h13-16,22H,6-12,17H2,1-5H3. The quantitative estimate of drug-likeness (QED) is 0.341. The molecule has 0 bridgehead atoms. The molecule has 1 aromatic rings. The summed E-state index contributed by atoms with van der Waals surface area (Å²) in [5, 5.41) is 0. The van der Waals surface area contributed by atoms with E-state index in [-0.39, 0.29) is 5.60 Å². The first kappa shape index (κ1) is 22.2. The monoisotopic (exact) mass is 433 g/mol. The number of nitrogens with zero attached hydrogens (tertiary/aromatic N) is 1. The number of halogens is 1. The van der Waals surface area contributed by atoms with Gasteiger partial charge < -0.3 is 4.74 Å². The van der Waals surface area contributed by atoms with Crippen molar-refractivity contribution in [1.29, 1.82) is 0 Å². The number of hydrogen-bond donors (Lipinski definition) is 0. The summed E-state index contributed by atoms with van der Waals surface area (Å²) in [5.74, 6) is 0.859. The van der Waals surface area contributed by atoms with Crippen LogP contribution in [0.4, 0.5) is 5.69 Å². The van der Waals surface area contributed by atoms with Crippen LogP contribution in [-0.2, 0) is 4.74 Å². The Hall–Kier alpha value is -1.09. The number of ether oxygens (including phenoxy) is 1. The van der Waals surface area contributed by atoms with Crippen LogP contribution in [0.25, 0.3) is 0 Å². The zero-order chi connectivity index (χ0) is 19.9. The maximum atomic E-state index is 6.80. The fraction of sp³-hybridized carbons (Fsp3) is 0.625. The van der Waals surface area contributed by atoms with Gasteiger partial charge in [-0.3, -0.25) is 0 Å². The maximum absolute atomic E-state index is 6.80. The molecular formula is C24H36BrNO. The minimum atomic E-state index is -0.241. The van der Waals surface area contributed by atoms with Crippen LogP contribution in [0.3, 0.4) is 0 Å². The summed E-state index contributed by atoms with van der Waals surface area (Å²) < 4.78 is 6.80. The molecule has 0 saturated carbocycles. The molecule has 0 spiro atoms. The molecule has 2 atom stereocenters. The van der Waals surface area contributed by atoms with Crippen molar-refractivity contribution in [2.24, 2.45) is 4.99 Å². The maximum Gasteiger partial charge on any atom is 0.218 e. The second-order valence-corrected chi connectivity index (χ2v) is 8.81. The summed E-state index contributed by atoms with van der Waals surface area (Å²) in [4.78, 5) is 5.30. The molecule has 2 unspecified atom stereocenters. The molecule has 0 radical (unpaired) electrons. The molecule has 1 aromatic carbocycles. The summed E-state index contributed by atoms with van der Waals surface area (Å²) in [6, 6.07) is 8.42. The second kappa shape index (κ2) is 10.5. The number of aliphatic imine (C=N–C) groups is 1. The molecule has 0 aromatic heterocycles. The van der Waals surface area contributed by atoms with Crippen LogP contribution in [0.2, 0.25) is 0 Å². The van der Waals surface area contributed by atoms with E-state index in [0.717, 1.165) is 63.0 Å². The number of rotatable bonds is 10. The highest BCUT2D eigenvalue weighted by Gasteiger charge is 2.49. The number of hydrogen-bond acceptors (Lipinski definition) is 2. The van der Waals surface area contributed by atoms with Gasteiger partial charge in [-0.05, 0) is 50.3 Å². The van der Waals surface area contributed by atoms with Gasteiger partial charge in [0.1, 0.15) is 5.60 Å². The molecule has 0 aliphatic carbocycles. The largest absolute Gasteiger partial charge is 0.465 e. The van der Waals surface area contributed by atoms with Gasteiger partial charge in [-0.25, -0.2) is 4.99 Å². The molecule has 1 aliphatic heterocycles. The lowest BCUT2D eigenvalue weighted by Crippen LogP contribution is -2.41. The number of alkyl halides is 1. The van der Waals surface area contributed by atoms with Crippen molar-refractivity contribution in [3.05, 3.63) is 41.0 Å². The van der Waals surface area contributed by atoms with Gasteiger partial charge in [-0.1, -0.05) is 87.0 Å². The summed E-state index contributed by atoms with van der Waals surface area (Å²) in [6.45, 7) is 11.1. The number of benzene rings is 1. The van der Waals surface area contributed by atoms with Crippen molar-refractivity contribution < 1.29 is 4.74 Å². The first-order chi connectivity index (χ1) is 13.0. The first-order valence-electron chi connectivity index (χ1n) is 10.7. The minimum absolute atomic E-state index is 0.241. The highest BCUT2D eigenvalue weighted by molar-refractivity contribution is 9.09. The van der Waals surface area contributed by atoms with Crippen LogP contribution in [0.15, 0.2) is 40.4 Å². The molecule has 3 heteroatoms. The third-order valence-electron chi connectivity index (χ3n) is 5.35. The van der Waals surface area contributed by atoms with Gasteiger partial charge in [0.2, 0.25) is 5.90 Å². The van der Waals surface area contributed by atoms with E-state index in [1.165, 1.54) is 16.7 Å². The van der Waals surface area contributed by atoms with Crippen molar-refractivity contribution in [3.8, 4) is 0 Å². The zero-order valence-electron chi connectivity index (χ0n) is 17.8. The molecular weight excluding hydrogens is 398 g/mol. The Bertz CT molecular complexity index is 661. The summed E-state index contributed by atoms with van der Waals surface area (Å²) in [5.41, 5.74) is 4.85. The van der Waals surface area contributed by atoms with E-state index in [2.05, 4.69) is 74.8 Å². The molecule has 0 fully saturated rings. The summed E-state index contributed by atoms with van der Waals surface area (Å²) in [6.07, 6.45) is 8.80. The minimum Gasteiger partial charge on any atom is -0.465 e. The van der Waals surface area contributed by atoms with Crippen LogP contribution in [0.5, 0.6) is 0 Å². The number of aryl methyl sites for hydroxylation is 1. The Morgan fingerprint density at radius 3 is 2.19 bits per heavy atom. The normalized spacial score (nSPS) is 22.4. The van der Waals surface area contributed by atoms with Crippen LogP contribution in [0, 0.1) is 6.92 Å². The fourth-order valence-corrected chi connectivity index (χ4v) is 5.15. The van der Waals surface area contributed by atoms with E-state index >= 15 is 0 Å². The Morgan fingerprint density at radius 1 is 0.963 bits per heavy atom. The van der Waals surface area contributed by atoms with E-state index in [1.807, 2.05) is 0 Å². The molecule has 27 heavy (non-hydrogen) atoms. The van der Waals surface area contributed by atoms with Gasteiger partial charge >= 0.3 is 0 Å². The van der Waals surface area contributed by atoms with Crippen molar-refractivity contribution in [2.45, 2.75) is 96.4 Å². The van der Waals surface area contributed by atoms with E-state index in [0.29, 0.717) is 4.83 Å². The van der Waals surface area contributed by atoms with Gasteiger partial charge in [0.05, 0.1) is 10.5 Å². The van der Waals surface area contributed by atoms with Crippen molar-refractivity contribution in [3.63, 3.8) is 0 Å². The van der Waals surface area contributed by atoms with Crippen molar-refractivity contribution in [1.82, 2.24) is 0 Å². The van der Waals surface area contributed by atoms with Crippen molar-refractivity contribution >= 4 is 27.5 Å². The van der Waals surface area contributed by atoms with Crippen molar-refractivity contribution in [2.75, 3.05) is 0 Å². The average Bonchev–Trinajstić information content (AvgIpc) is 2.92. The molecule has 2 rings (SSSR count). The molecule has 150 valence electrons. The SMILES string of the molecule is CCCC1=C(CCC)C(CCC)(C(Br)CCC)OC1=Nc1ccc(C)cc1. The van der Waals surface area contributed by atoms with Gasteiger partial charge in [-0.2, -0.15) is 0 Å². The lowest BCUT2D eigenvalue weighted by Gasteiger charge is -2.36. The highest BCUT2D eigenvalue weighted by atomic mass is 79.9. The first-order valence-corrected chi connectivity index (χ1v) is 11.6. The lowest BCUT2D eigenvalue weighted by molar-refractivity contribution is 0.0895. The Labute approximate surface area is 174 Å². The van der Waals surface area contributed by atoms with Gasteiger partial charge in [-0.15, -0.1) is 0 Å². The van der Waals surface area contributed by atoms with E-state index in [9.17, 15) is 0 Å². The topological polar surface area (TPSA) is 21.6 Å². The third kappa shape index (κ3) is 5.04. The summed E-state index contributed by atoms with van der Waals surface area (Å²) in [7, 11) is 0. The van der Waals surface area contributed by atoms with Gasteiger partial charge in [0.15, 0.2) is 0 Å². The smallest absolute Gasteiger partial charge is 0.218 e. The van der Waals surface area contributed by atoms with Crippen LogP contribution < -0.4 is 0 Å². The molecule has 1 aliphatic rings. The average molecular weight is 434 g/mol. The van der Waals surface area contributed by atoms with E-state index in [1.54, 1.807) is 0 Å². The Balaban J connectivity index is 2.56. The zero-order valence-corrected chi connectivity index (χ0v) is 19.4. The van der Waals surface area contributed by atoms with Crippen LogP contribution >= 0.6 is 15.9 Å². The highest BCUT2D eigenvalue weighted by Crippen LogP contribution is 2.47. The Morgan fingerprint density at radius 2 is 1.63 bits per heavy atom. The molecule has 1 heterocycles. The van der Waals surface area contributed by atoms with E-state index < -0.39 is 0 Å². The third-order valence-corrected chi connectivity index (χ3v) is 6.54. The molecule has 0 amide bonds. The predicted octanol–water partition coefficient (Wildman–Crippen LogP) is 8.05. The Kier molecular flexibility index (Phi) is 8.60. The van der Waals surface area contributed by atoms with Crippen LogP contribution in [0.1, 0.15) is 84.6 Å². The second-order valence-electron chi connectivity index (χ2n) is 7.71. The predicted molar refractivity (Wildman–Crippen MR) is 121 cm³/mol. The van der Waals surface area contributed by atoms with E-state index in [4.69, 9.17) is 9.73 Å². The molecule has 0 saturated heterocycles. The molecule has 2 nitrogen and oxygen atoms in total.